The Hall–Kier alpha value is -1.94. The first-order valence-electron chi connectivity index (χ1n) is 5.15. The Bertz CT molecular complexity index is 603. The topological polar surface area (TPSA) is 103 Å². The quantitative estimate of drug-likeness (QED) is 0.370. The van der Waals surface area contributed by atoms with E-state index in [2.05, 4.69) is 33.0 Å². The fourth-order valence-electron chi connectivity index (χ4n) is 1.34. The Morgan fingerprint density at radius 2 is 1.95 bits per heavy atom. The number of hydrogen-bond donors (Lipinski definition) is 2. The fourth-order valence-corrected chi connectivity index (χ4v) is 1.70. The molecular formula is C11H9IN4O3. The van der Waals surface area contributed by atoms with Crippen molar-refractivity contribution < 1.29 is 9.66 Å². The highest BCUT2D eigenvalue weighted by atomic mass is 127. The molecule has 0 atom stereocenters. The molecule has 0 saturated carbocycles. The summed E-state index contributed by atoms with van der Waals surface area (Å²) in [4.78, 5) is 14.3. The van der Waals surface area contributed by atoms with E-state index in [0.717, 1.165) is 3.57 Å². The molecule has 3 N–H and O–H groups in total. The molecule has 1 heterocycles. The molecule has 19 heavy (non-hydrogen) atoms. The third-order valence-electron chi connectivity index (χ3n) is 2.21. The van der Waals surface area contributed by atoms with Gasteiger partial charge in [0.2, 0.25) is 0 Å². The molecule has 2 aromatic rings. The minimum Gasteiger partial charge on any atom is -0.434 e. The molecule has 0 aliphatic rings. The van der Waals surface area contributed by atoms with Crippen LogP contribution in [0.25, 0.3) is 0 Å². The van der Waals surface area contributed by atoms with Gasteiger partial charge in [-0.05, 0) is 52.9 Å². The van der Waals surface area contributed by atoms with Gasteiger partial charge in [-0.25, -0.2) is 5.84 Å². The summed E-state index contributed by atoms with van der Waals surface area (Å²) >= 11 is 2.15. The normalized spacial score (nSPS) is 10.0. The predicted octanol–water partition coefficient (Wildman–Crippen LogP) is 2.67. The first-order chi connectivity index (χ1) is 9.10. The van der Waals surface area contributed by atoms with Crippen LogP contribution >= 0.6 is 22.6 Å². The van der Waals surface area contributed by atoms with Gasteiger partial charge in [0.1, 0.15) is 11.6 Å². The Morgan fingerprint density at radius 3 is 2.53 bits per heavy atom. The van der Waals surface area contributed by atoms with E-state index in [9.17, 15) is 10.1 Å². The van der Waals surface area contributed by atoms with Gasteiger partial charge in [-0.3, -0.25) is 10.1 Å². The number of ether oxygens (including phenoxy) is 1. The maximum Gasteiger partial charge on any atom is 0.331 e. The number of nitro groups is 1. The zero-order valence-electron chi connectivity index (χ0n) is 9.54. The van der Waals surface area contributed by atoms with Crippen LogP contribution in [0.5, 0.6) is 11.6 Å². The molecule has 0 amide bonds. The van der Waals surface area contributed by atoms with Crippen LogP contribution < -0.4 is 16.0 Å². The zero-order valence-corrected chi connectivity index (χ0v) is 11.7. The Morgan fingerprint density at radius 1 is 1.26 bits per heavy atom. The van der Waals surface area contributed by atoms with Gasteiger partial charge in [0, 0.05) is 9.64 Å². The number of anilines is 1. The smallest absolute Gasteiger partial charge is 0.331 e. The SMILES string of the molecule is NNc1ccc([N+](=O)[O-])c(Oc2ccc(I)cc2)n1. The first-order valence-corrected chi connectivity index (χ1v) is 6.23. The number of nitrogen functional groups attached to an aromatic ring is 1. The summed E-state index contributed by atoms with van der Waals surface area (Å²) in [7, 11) is 0. The van der Waals surface area contributed by atoms with Crippen molar-refractivity contribution in [3.8, 4) is 11.6 Å². The third kappa shape index (κ3) is 3.29. The average molecular weight is 372 g/mol. The van der Waals surface area contributed by atoms with Crippen molar-refractivity contribution in [1.29, 1.82) is 0 Å². The highest BCUT2D eigenvalue weighted by Gasteiger charge is 2.18. The molecule has 7 nitrogen and oxygen atoms in total. The van der Waals surface area contributed by atoms with Gasteiger partial charge in [-0.1, -0.05) is 0 Å². The van der Waals surface area contributed by atoms with Crippen molar-refractivity contribution >= 4 is 34.1 Å². The lowest BCUT2D eigenvalue weighted by molar-refractivity contribution is -0.386. The summed E-state index contributed by atoms with van der Waals surface area (Å²) in [6.45, 7) is 0. The number of benzene rings is 1. The van der Waals surface area contributed by atoms with E-state index in [4.69, 9.17) is 10.6 Å². The molecule has 0 unspecified atom stereocenters. The monoisotopic (exact) mass is 372 g/mol. The summed E-state index contributed by atoms with van der Waals surface area (Å²) < 4.78 is 6.45. The van der Waals surface area contributed by atoms with Crippen molar-refractivity contribution in [3.05, 3.63) is 50.1 Å². The van der Waals surface area contributed by atoms with E-state index in [1.165, 1.54) is 12.1 Å². The number of hydrazine groups is 1. The van der Waals surface area contributed by atoms with Crippen LogP contribution in [-0.2, 0) is 0 Å². The van der Waals surface area contributed by atoms with Crippen LogP contribution in [0.4, 0.5) is 11.5 Å². The number of rotatable bonds is 4. The lowest BCUT2D eigenvalue weighted by Gasteiger charge is -2.07. The maximum absolute atomic E-state index is 10.9. The number of nitrogens with two attached hydrogens (primary N) is 1. The number of nitrogens with zero attached hydrogens (tertiary/aromatic N) is 2. The molecule has 0 fully saturated rings. The zero-order chi connectivity index (χ0) is 13.8. The van der Waals surface area contributed by atoms with Crippen LogP contribution in [0, 0.1) is 13.7 Å². The van der Waals surface area contributed by atoms with Gasteiger partial charge in [0.25, 0.3) is 0 Å². The molecule has 0 aliphatic carbocycles. The Labute approximate surface area is 122 Å². The molecule has 0 bridgehead atoms. The molecule has 0 radical (unpaired) electrons. The van der Waals surface area contributed by atoms with E-state index in [1.54, 1.807) is 12.1 Å². The standard InChI is InChI=1S/C11H9IN4O3/c12-7-1-3-8(4-2-7)19-11-9(16(17)18)5-6-10(14-11)15-13/h1-6H,13H2,(H,14,15). The molecule has 0 saturated heterocycles. The molecule has 0 aliphatic heterocycles. The number of hydrogen-bond acceptors (Lipinski definition) is 6. The van der Waals surface area contributed by atoms with Crippen LogP contribution in [0.15, 0.2) is 36.4 Å². The van der Waals surface area contributed by atoms with Gasteiger partial charge >= 0.3 is 11.6 Å². The number of aromatic nitrogens is 1. The third-order valence-corrected chi connectivity index (χ3v) is 2.93. The molecule has 98 valence electrons. The molecular weight excluding hydrogens is 363 g/mol. The highest BCUT2D eigenvalue weighted by molar-refractivity contribution is 14.1. The number of halogens is 1. The van der Waals surface area contributed by atoms with Crippen molar-refractivity contribution in [2.45, 2.75) is 0 Å². The average Bonchev–Trinajstić information content (AvgIpc) is 2.41. The second-order valence-corrected chi connectivity index (χ2v) is 4.72. The van der Waals surface area contributed by atoms with Crippen molar-refractivity contribution in [3.63, 3.8) is 0 Å². The van der Waals surface area contributed by atoms with Crippen molar-refractivity contribution in [1.82, 2.24) is 4.98 Å². The van der Waals surface area contributed by atoms with Crippen molar-refractivity contribution in [2.75, 3.05) is 5.43 Å². The van der Waals surface area contributed by atoms with E-state index in [-0.39, 0.29) is 17.4 Å². The summed E-state index contributed by atoms with van der Waals surface area (Å²) in [5.74, 6) is 5.86. The van der Waals surface area contributed by atoms with E-state index in [0.29, 0.717) is 5.75 Å². The molecule has 2 rings (SSSR count). The van der Waals surface area contributed by atoms with Crippen LogP contribution in [0.3, 0.4) is 0 Å². The summed E-state index contributed by atoms with van der Waals surface area (Å²) in [5, 5.41) is 10.9. The van der Waals surface area contributed by atoms with E-state index in [1.807, 2.05) is 12.1 Å². The van der Waals surface area contributed by atoms with Gasteiger partial charge in [-0.15, -0.1) is 0 Å². The summed E-state index contributed by atoms with van der Waals surface area (Å²) in [6.07, 6.45) is 0. The number of pyridine rings is 1. The van der Waals surface area contributed by atoms with Crippen LogP contribution in [0.2, 0.25) is 0 Å². The fraction of sp³-hybridized carbons (Fsp3) is 0. The molecule has 1 aromatic carbocycles. The van der Waals surface area contributed by atoms with Gasteiger partial charge < -0.3 is 10.2 Å². The van der Waals surface area contributed by atoms with Gasteiger partial charge in [0.05, 0.1) is 4.92 Å². The van der Waals surface area contributed by atoms with Crippen molar-refractivity contribution in [2.24, 2.45) is 5.84 Å². The van der Waals surface area contributed by atoms with Gasteiger partial charge in [-0.2, -0.15) is 4.98 Å². The second-order valence-electron chi connectivity index (χ2n) is 3.48. The minimum atomic E-state index is -0.560. The van der Waals surface area contributed by atoms with Gasteiger partial charge in [0.15, 0.2) is 0 Å². The van der Waals surface area contributed by atoms with E-state index >= 15 is 0 Å². The predicted molar refractivity (Wildman–Crippen MR) is 77.9 cm³/mol. The lowest BCUT2D eigenvalue weighted by Crippen LogP contribution is -2.09. The summed E-state index contributed by atoms with van der Waals surface area (Å²) in [6, 6.07) is 9.74. The largest absolute Gasteiger partial charge is 0.434 e. The van der Waals surface area contributed by atoms with Crippen LogP contribution in [-0.4, -0.2) is 9.91 Å². The first kappa shape index (κ1) is 13.5. The Balaban J connectivity index is 2.36. The molecule has 8 heteroatoms. The summed E-state index contributed by atoms with van der Waals surface area (Å²) in [5.41, 5.74) is 2.09. The lowest BCUT2D eigenvalue weighted by atomic mass is 10.3. The highest BCUT2D eigenvalue weighted by Crippen LogP contribution is 2.30. The second kappa shape index (κ2) is 5.80. The van der Waals surface area contributed by atoms with E-state index < -0.39 is 4.92 Å². The van der Waals surface area contributed by atoms with Crippen LogP contribution in [0.1, 0.15) is 0 Å². The Kier molecular flexibility index (Phi) is 4.12. The molecule has 0 spiro atoms. The molecule has 1 aromatic heterocycles. The minimum absolute atomic E-state index is 0.110. The number of nitrogens with one attached hydrogen (secondary N) is 1. The maximum atomic E-state index is 10.9.